The molecule has 3 nitrogen and oxygen atoms in total. The third-order valence-corrected chi connectivity index (χ3v) is 6.23. The minimum Gasteiger partial charge on any atom is -0.497 e. The van der Waals surface area contributed by atoms with E-state index in [1.54, 1.807) is 7.11 Å². The van der Waals surface area contributed by atoms with E-state index in [1.807, 2.05) is 0 Å². The third kappa shape index (κ3) is 3.67. The Morgan fingerprint density at radius 3 is 2.54 bits per heavy atom. The number of aromatic nitrogens is 1. The van der Waals surface area contributed by atoms with E-state index in [4.69, 9.17) is 4.74 Å². The van der Waals surface area contributed by atoms with Crippen molar-refractivity contribution in [3.05, 3.63) is 64.8 Å². The number of ether oxygens (including phenoxy) is 1. The van der Waals surface area contributed by atoms with Crippen molar-refractivity contribution in [1.82, 2.24) is 9.47 Å². The Balaban J connectivity index is 1.34. The van der Waals surface area contributed by atoms with Gasteiger partial charge in [-0.1, -0.05) is 34.1 Å². The van der Waals surface area contributed by atoms with Crippen LogP contribution >= 0.6 is 15.9 Å². The van der Waals surface area contributed by atoms with Crippen molar-refractivity contribution in [2.45, 2.75) is 25.3 Å². The maximum Gasteiger partial charge on any atom is 0.118 e. The fourth-order valence-corrected chi connectivity index (χ4v) is 4.46. The monoisotopic (exact) mass is 412 g/mol. The number of nitrogens with zero attached hydrogens (tertiary/aromatic N) is 2. The molecule has 1 aliphatic rings. The van der Waals surface area contributed by atoms with Gasteiger partial charge >= 0.3 is 0 Å². The van der Waals surface area contributed by atoms with Gasteiger partial charge in [0.25, 0.3) is 0 Å². The SMILES string of the molecule is COc1ccc(CCN2CCC(n3ccc4c(Br)cccc43)CC2)cc1. The molecule has 4 heteroatoms. The highest BCUT2D eigenvalue weighted by atomic mass is 79.9. The largest absolute Gasteiger partial charge is 0.497 e. The van der Waals surface area contributed by atoms with Crippen molar-refractivity contribution >= 4 is 26.8 Å². The number of fused-ring (bicyclic) bond motifs is 1. The third-order valence-electron chi connectivity index (χ3n) is 5.54. The second-order valence-electron chi connectivity index (χ2n) is 7.07. The van der Waals surface area contributed by atoms with E-state index >= 15 is 0 Å². The van der Waals surface area contributed by atoms with Gasteiger partial charge in [0.1, 0.15) is 5.75 Å². The van der Waals surface area contributed by atoms with Gasteiger partial charge in [-0.05, 0) is 55.2 Å². The normalized spacial score (nSPS) is 16.2. The molecule has 0 bridgehead atoms. The van der Waals surface area contributed by atoms with Gasteiger partial charge in [0.2, 0.25) is 0 Å². The Hall–Kier alpha value is -1.78. The van der Waals surface area contributed by atoms with Gasteiger partial charge < -0.3 is 14.2 Å². The van der Waals surface area contributed by atoms with Crippen molar-refractivity contribution < 1.29 is 4.74 Å². The Kier molecular flexibility index (Phi) is 5.32. The second-order valence-corrected chi connectivity index (χ2v) is 7.92. The van der Waals surface area contributed by atoms with Gasteiger partial charge in [0.15, 0.2) is 0 Å². The van der Waals surface area contributed by atoms with Crippen LogP contribution in [0.5, 0.6) is 5.75 Å². The van der Waals surface area contributed by atoms with Crippen LogP contribution in [0.15, 0.2) is 59.2 Å². The minimum atomic E-state index is 0.610. The number of piperidine rings is 1. The molecule has 0 radical (unpaired) electrons. The van der Waals surface area contributed by atoms with E-state index in [9.17, 15) is 0 Å². The number of hydrogen-bond acceptors (Lipinski definition) is 2. The van der Waals surface area contributed by atoms with Crippen LogP contribution in [0, 0.1) is 0 Å². The molecule has 2 heterocycles. The van der Waals surface area contributed by atoms with E-state index in [0.717, 1.165) is 18.7 Å². The zero-order valence-corrected chi connectivity index (χ0v) is 16.8. The Morgan fingerprint density at radius 1 is 1.04 bits per heavy atom. The number of likely N-dealkylation sites (tertiary alicyclic amines) is 1. The van der Waals surface area contributed by atoms with Crippen molar-refractivity contribution in [1.29, 1.82) is 0 Å². The van der Waals surface area contributed by atoms with Crippen LogP contribution < -0.4 is 4.74 Å². The molecule has 0 amide bonds. The predicted molar refractivity (Wildman–Crippen MR) is 111 cm³/mol. The summed E-state index contributed by atoms with van der Waals surface area (Å²) < 4.78 is 8.89. The van der Waals surface area contributed by atoms with Crippen LogP contribution in [-0.4, -0.2) is 36.2 Å². The summed E-state index contributed by atoms with van der Waals surface area (Å²) in [5, 5.41) is 1.31. The summed E-state index contributed by atoms with van der Waals surface area (Å²) in [6.07, 6.45) is 5.80. The lowest BCUT2D eigenvalue weighted by molar-refractivity contribution is 0.190. The molecule has 136 valence electrons. The number of hydrogen-bond donors (Lipinski definition) is 0. The molecule has 1 aliphatic heterocycles. The number of halogens is 1. The fourth-order valence-electron chi connectivity index (χ4n) is 3.97. The lowest BCUT2D eigenvalue weighted by Crippen LogP contribution is -2.35. The molecule has 0 saturated carbocycles. The van der Waals surface area contributed by atoms with E-state index in [1.165, 1.54) is 46.9 Å². The summed E-state index contributed by atoms with van der Waals surface area (Å²) in [6.45, 7) is 3.49. The average Bonchev–Trinajstić information content (AvgIpc) is 3.13. The zero-order valence-electron chi connectivity index (χ0n) is 15.2. The first-order valence-corrected chi connectivity index (χ1v) is 10.1. The molecule has 2 aromatic carbocycles. The Labute approximate surface area is 163 Å². The standard InChI is InChI=1S/C22H25BrN2O/c1-26-19-7-5-17(6-8-19)9-13-24-14-10-18(11-15-24)25-16-12-20-21(23)3-2-4-22(20)25/h2-8,12,16,18H,9-11,13-15H2,1H3. The van der Waals surface area contributed by atoms with Crippen LogP contribution in [0.3, 0.4) is 0 Å². The zero-order chi connectivity index (χ0) is 17.9. The molecule has 4 rings (SSSR count). The molecule has 0 atom stereocenters. The van der Waals surface area contributed by atoms with Crippen LogP contribution in [0.2, 0.25) is 0 Å². The molecule has 0 spiro atoms. The summed E-state index contributed by atoms with van der Waals surface area (Å²) >= 11 is 3.67. The first-order chi connectivity index (χ1) is 12.7. The van der Waals surface area contributed by atoms with Crippen molar-refractivity contribution in [3.63, 3.8) is 0 Å². The van der Waals surface area contributed by atoms with Crippen LogP contribution in [0.4, 0.5) is 0 Å². The molecular weight excluding hydrogens is 388 g/mol. The molecule has 1 fully saturated rings. The Bertz CT molecular complexity index is 863. The van der Waals surface area contributed by atoms with Gasteiger partial charge in [0.05, 0.1) is 7.11 Å². The molecule has 1 aromatic heterocycles. The summed E-state index contributed by atoms with van der Waals surface area (Å²) in [5.74, 6) is 0.931. The number of methoxy groups -OCH3 is 1. The van der Waals surface area contributed by atoms with Crippen molar-refractivity contribution in [3.8, 4) is 5.75 Å². The number of benzene rings is 2. The van der Waals surface area contributed by atoms with E-state index in [-0.39, 0.29) is 0 Å². The summed E-state index contributed by atoms with van der Waals surface area (Å²) in [5.41, 5.74) is 2.73. The second kappa shape index (κ2) is 7.85. The smallest absolute Gasteiger partial charge is 0.118 e. The summed E-state index contributed by atoms with van der Waals surface area (Å²) in [6, 6.07) is 17.8. The highest BCUT2D eigenvalue weighted by Crippen LogP contribution is 2.31. The molecule has 26 heavy (non-hydrogen) atoms. The average molecular weight is 413 g/mol. The molecule has 0 aliphatic carbocycles. The molecule has 1 saturated heterocycles. The van der Waals surface area contributed by atoms with Gasteiger partial charge in [-0.25, -0.2) is 0 Å². The highest BCUT2D eigenvalue weighted by Gasteiger charge is 2.21. The summed E-state index contributed by atoms with van der Waals surface area (Å²) in [7, 11) is 1.71. The molecule has 3 aromatic rings. The summed E-state index contributed by atoms with van der Waals surface area (Å²) in [4.78, 5) is 2.60. The first kappa shape index (κ1) is 17.6. The van der Waals surface area contributed by atoms with Crippen molar-refractivity contribution in [2.75, 3.05) is 26.7 Å². The van der Waals surface area contributed by atoms with E-state index < -0.39 is 0 Å². The predicted octanol–water partition coefficient (Wildman–Crippen LogP) is 5.29. The first-order valence-electron chi connectivity index (χ1n) is 9.35. The maximum absolute atomic E-state index is 5.23. The van der Waals surface area contributed by atoms with Gasteiger partial charge in [0, 0.05) is 47.2 Å². The van der Waals surface area contributed by atoms with Crippen LogP contribution in [-0.2, 0) is 6.42 Å². The lowest BCUT2D eigenvalue weighted by atomic mass is 10.0. The van der Waals surface area contributed by atoms with Crippen LogP contribution in [0.25, 0.3) is 10.9 Å². The molecule has 0 N–H and O–H groups in total. The Morgan fingerprint density at radius 2 is 1.81 bits per heavy atom. The topological polar surface area (TPSA) is 17.4 Å². The lowest BCUT2D eigenvalue weighted by Gasteiger charge is -2.33. The minimum absolute atomic E-state index is 0.610. The maximum atomic E-state index is 5.23. The highest BCUT2D eigenvalue weighted by molar-refractivity contribution is 9.10. The molecule has 0 unspecified atom stereocenters. The van der Waals surface area contributed by atoms with Gasteiger partial charge in [-0.3, -0.25) is 0 Å². The van der Waals surface area contributed by atoms with Crippen molar-refractivity contribution in [2.24, 2.45) is 0 Å². The number of rotatable bonds is 5. The molecular formula is C22H25BrN2O. The van der Waals surface area contributed by atoms with Gasteiger partial charge in [-0.15, -0.1) is 0 Å². The quantitative estimate of drug-likeness (QED) is 0.566. The van der Waals surface area contributed by atoms with Crippen LogP contribution in [0.1, 0.15) is 24.4 Å². The fraction of sp³-hybridized carbons (Fsp3) is 0.364. The van der Waals surface area contributed by atoms with E-state index in [0.29, 0.717) is 6.04 Å². The van der Waals surface area contributed by atoms with Gasteiger partial charge in [-0.2, -0.15) is 0 Å². The van der Waals surface area contributed by atoms with E-state index in [2.05, 4.69) is 80.1 Å².